The largest absolute Gasteiger partial charge is 0.477 e. The number of carboxylic acid groups (broad SMARTS) is 1. The Morgan fingerprint density at radius 1 is 1.35 bits per heavy atom. The quantitative estimate of drug-likeness (QED) is 0.873. The Kier molecular flexibility index (Phi) is 3.61. The highest BCUT2D eigenvalue weighted by atomic mass is 16.4. The zero-order valence-corrected chi connectivity index (χ0v) is 9.76. The van der Waals surface area contributed by atoms with Gasteiger partial charge in [0.05, 0.1) is 0 Å². The highest BCUT2D eigenvalue weighted by Gasteiger charge is 2.16. The third kappa shape index (κ3) is 2.75. The first kappa shape index (κ1) is 11.9. The molecule has 0 unspecified atom stereocenters. The molecule has 1 N–H and O–H groups in total. The third-order valence-corrected chi connectivity index (χ3v) is 3.43. The summed E-state index contributed by atoms with van der Waals surface area (Å²) in [7, 11) is 0. The van der Waals surface area contributed by atoms with Crippen LogP contribution in [0.5, 0.6) is 0 Å². The van der Waals surface area contributed by atoms with E-state index in [1.54, 1.807) is 16.8 Å². The molecule has 0 saturated heterocycles. The highest BCUT2D eigenvalue weighted by molar-refractivity contribution is 5.86. The fourth-order valence-electron chi connectivity index (χ4n) is 2.49. The van der Waals surface area contributed by atoms with Gasteiger partial charge in [-0.1, -0.05) is 19.3 Å². The van der Waals surface area contributed by atoms with Crippen LogP contribution in [0.3, 0.4) is 0 Å². The Hall–Kier alpha value is -1.58. The molecule has 1 saturated carbocycles. The Labute approximate surface area is 99.9 Å². The average Bonchev–Trinajstić information content (AvgIpc) is 2.33. The van der Waals surface area contributed by atoms with Gasteiger partial charge in [-0.25, -0.2) is 4.79 Å². The van der Waals surface area contributed by atoms with Crippen LogP contribution in [0.15, 0.2) is 23.1 Å². The molecule has 4 heteroatoms. The Morgan fingerprint density at radius 2 is 2.06 bits per heavy atom. The molecular formula is C13H17NO3. The van der Waals surface area contributed by atoms with Crippen molar-refractivity contribution in [1.29, 1.82) is 0 Å². The number of nitrogens with zero attached hydrogens (tertiary/aromatic N) is 1. The van der Waals surface area contributed by atoms with Crippen molar-refractivity contribution in [2.75, 3.05) is 0 Å². The fourth-order valence-corrected chi connectivity index (χ4v) is 2.49. The van der Waals surface area contributed by atoms with Crippen LogP contribution in [-0.4, -0.2) is 15.6 Å². The molecule has 92 valence electrons. The molecule has 1 aromatic heterocycles. The number of carbonyl (C=O) groups is 1. The van der Waals surface area contributed by atoms with Crippen molar-refractivity contribution in [2.45, 2.75) is 38.6 Å². The van der Waals surface area contributed by atoms with E-state index in [0.29, 0.717) is 12.5 Å². The van der Waals surface area contributed by atoms with Crippen molar-refractivity contribution in [1.82, 2.24) is 4.57 Å². The van der Waals surface area contributed by atoms with Gasteiger partial charge in [-0.05, 0) is 30.9 Å². The van der Waals surface area contributed by atoms with Crippen LogP contribution >= 0.6 is 0 Å². The van der Waals surface area contributed by atoms with E-state index in [1.807, 2.05) is 0 Å². The van der Waals surface area contributed by atoms with E-state index in [4.69, 9.17) is 5.11 Å². The van der Waals surface area contributed by atoms with Gasteiger partial charge in [-0.2, -0.15) is 0 Å². The van der Waals surface area contributed by atoms with Gasteiger partial charge in [0.2, 0.25) is 0 Å². The smallest absolute Gasteiger partial charge is 0.341 e. The van der Waals surface area contributed by atoms with Crippen molar-refractivity contribution in [3.8, 4) is 0 Å². The van der Waals surface area contributed by atoms with Crippen molar-refractivity contribution < 1.29 is 9.90 Å². The van der Waals surface area contributed by atoms with E-state index >= 15 is 0 Å². The van der Waals surface area contributed by atoms with Crippen molar-refractivity contribution in [3.05, 3.63) is 34.2 Å². The maximum Gasteiger partial charge on any atom is 0.341 e. The van der Waals surface area contributed by atoms with Gasteiger partial charge in [0.1, 0.15) is 5.56 Å². The molecule has 0 aromatic carbocycles. The van der Waals surface area contributed by atoms with Crippen molar-refractivity contribution >= 4 is 5.97 Å². The standard InChI is InChI=1S/C13H17NO3/c15-12-11(13(16)17)7-4-8-14(12)9-10-5-2-1-3-6-10/h4,7-8,10H,1-3,5-6,9H2,(H,16,17). The van der Waals surface area contributed by atoms with Gasteiger partial charge >= 0.3 is 5.97 Å². The summed E-state index contributed by atoms with van der Waals surface area (Å²) in [5.74, 6) is -0.626. The summed E-state index contributed by atoms with van der Waals surface area (Å²) < 4.78 is 1.54. The highest BCUT2D eigenvalue weighted by Crippen LogP contribution is 2.24. The molecule has 0 aliphatic heterocycles. The van der Waals surface area contributed by atoms with Crippen LogP contribution in [0.1, 0.15) is 42.5 Å². The van der Waals surface area contributed by atoms with Crippen LogP contribution in [0.2, 0.25) is 0 Å². The van der Waals surface area contributed by atoms with Gasteiger partial charge in [-0.3, -0.25) is 4.79 Å². The molecule has 1 aliphatic carbocycles. The molecule has 0 spiro atoms. The number of carboxylic acids is 1. The molecule has 4 nitrogen and oxygen atoms in total. The Balaban J connectivity index is 2.18. The maximum atomic E-state index is 11.9. The van der Waals surface area contributed by atoms with Crippen LogP contribution in [0.25, 0.3) is 0 Å². The van der Waals surface area contributed by atoms with E-state index < -0.39 is 5.97 Å². The number of aromatic carboxylic acids is 1. The first-order valence-electron chi connectivity index (χ1n) is 6.11. The molecule has 1 aliphatic rings. The lowest BCUT2D eigenvalue weighted by Gasteiger charge is -2.22. The lowest BCUT2D eigenvalue weighted by atomic mass is 9.89. The summed E-state index contributed by atoms with van der Waals surface area (Å²) in [5, 5.41) is 8.88. The second-order valence-corrected chi connectivity index (χ2v) is 4.69. The minimum atomic E-state index is -1.15. The molecule has 0 atom stereocenters. The van der Waals surface area contributed by atoms with E-state index in [0.717, 1.165) is 12.8 Å². The molecule has 1 aromatic rings. The van der Waals surface area contributed by atoms with Gasteiger partial charge < -0.3 is 9.67 Å². The van der Waals surface area contributed by atoms with Crippen molar-refractivity contribution in [2.24, 2.45) is 5.92 Å². The monoisotopic (exact) mass is 235 g/mol. The fraction of sp³-hybridized carbons (Fsp3) is 0.538. The van der Waals surface area contributed by atoms with Crippen LogP contribution in [0, 0.1) is 5.92 Å². The van der Waals surface area contributed by atoms with Crippen LogP contribution in [-0.2, 0) is 6.54 Å². The summed E-state index contributed by atoms with van der Waals surface area (Å²) in [5.41, 5.74) is -0.520. The minimum Gasteiger partial charge on any atom is -0.477 e. The van der Waals surface area contributed by atoms with E-state index in [2.05, 4.69) is 0 Å². The number of rotatable bonds is 3. The second-order valence-electron chi connectivity index (χ2n) is 4.69. The van der Waals surface area contributed by atoms with Gasteiger partial charge in [0.25, 0.3) is 5.56 Å². The lowest BCUT2D eigenvalue weighted by molar-refractivity contribution is 0.0694. The second kappa shape index (κ2) is 5.17. The van der Waals surface area contributed by atoms with Gasteiger partial charge in [0, 0.05) is 12.7 Å². The van der Waals surface area contributed by atoms with E-state index in [9.17, 15) is 9.59 Å². The maximum absolute atomic E-state index is 11.9. The summed E-state index contributed by atoms with van der Waals surface area (Å²) in [4.78, 5) is 22.7. The van der Waals surface area contributed by atoms with Gasteiger partial charge in [-0.15, -0.1) is 0 Å². The normalized spacial score (nSPS) is 16.9. The predicted molar refractivity (Wildman–Crippen MR) is 64.2 cm³/mol. The molecule has 17 heavy (non-hydrogen) atoms. The molecule has 0 bridgehead atoms. The number of pyridine rings is 1. The first-order valence-corrected chi connectivity index (χ1v) is 6.11. The predicted octanol–water partition coefficient (Wildman–Crippen LogP) is 2.13. The minimum absolute atomic E-state index is 0.136. The molecule has 1 fully saturated rings. The molecule has 1 heterocycles. The number of hydrogen-bond acceptors (Lipinski definition) is 2. The summed E-state index contributed by atoms with van der Waals surface area (Å²) in [6.45, 7) is 0.653. The van der Waals surface area contributed by atoms with E-state index in [-0.39, 0.29) is 11.1 Å². The summed E-state index contributed by atoms with van der Waals surface area (Å²) in [6, 6.07) is 3.00. The summed E-state index contributed by atoms with van der Waals surface area (Å²) >= 11 is 0. The molecular weight excluding hydrogens is 218 g/mol. The number of hydrogen-bond donors (Lipinski definition) is 1. The first-order chi connectivity index (χ1) is 8.18. The van der Waals surface area contributed by atoms with Crippen LogP contribution < -0.4 is 5.56 Å². The lowest BCUT2D eigenvalue weighted by Crippen LogP contribution is -2.28. The SMILES string of the molecule is O=C(O)c1cccn(CC2CCCCC2)c1=O. The molecule has 2 rings (SSSR count). The molecule has 0 radical (unpaired) electrons. The van der Waals surface area contributed by atoms with Gasteiger partial charge in [0.15, 0.2) is 0 Å². The Bertz CT molecular complexity index is 458. The zero-order chi connectivity index (χ0) is 12.3. The number of aromatic nitrogens is 1. The van der Waals surface area contributed by atoms with Crippen molar-refractivity contribution in [3.63, 3.8) is 0 Å². The summed E-state index contributed by atoms with van der Waals surface area (Å²) in [6.07, 6.45) is 7.69. The Morgan fingerprint density at radius 3 is 2.71 bits per heavy atom. The van der Waals surface area contributed by atoms with E-state index in [1.165, 1.54) is 25.3 Å². The third-order valence-electron chi connectivity index (χ3n) is 3.43. The average molecular weight is 235 g/mol. The molecule has 0 amide bonds. The topological polar surface area (TPSA) is 59.3 Å². The zero-order valence-electron chi connectivity index (χ0n) is 9.76. The van der Waals surface area contributed by atoms with Crippen LogP contribution in [0.4, 0.5) is 0 Å².